The molecule has 1 saturated heterocycles. The second-order valence-corrected chi connectivity index (χ2v) is 5.32. The lowest BCUT2D eigenvalue weighted by molar-refractivity contribution is 0.334. The van der Waals surface area contributed by atoms with Crippen LogP contribution in [0.2, 0.25) is 0 Å². The maximum atomic E-state index is 3.46. The van der Waals surface area contributed by atoms with Crippen molar-refractivity contribution in [2.75, 3.05) is 31.5 Å². The Labute approximate surface area is 104 Å². The second kappa shape index (κ2) is 5.09. The third kappa shape index (κ3) is 2.63. The van der Waals surface area contributed by atoms with Crippen molar-refractivity contribution in [1.82, 2.24) is 4.90 Å². The van der Waals surface area contributed by atoms with Crippen LogP contribution in [0, 0.1) is 0 Å². The fraction of sp³-hybridized carbons (Fsp3) is 0.600. The van der Waals surface area contributed by atoms with Gasteiger partial charge in [0, 0.05) is 12.2 Å². The van der Waals surface area contributed by atoms with E-state index < -0.39 is 0 Å². The normalized spacial score (nSPS) is 19.3. The monoisotopic (exact) mass is 230 g/mol. The Morgan fingerprint density at radius 2 is 2.06 bits per heavy atom. The Morgan fingerprint density at radius 1 is 1.18 bits per heavy atom. The standard InChI is InChI=1S/C15H22N2/c1-2-10-17(9-1)11-3-4-13-5-6-14-7-8-16-15(14)12-13/h5-6,12,16H,1-4,7-11H2. The first-order chi connectivity index (χ1) is 8.42. The van der Waals surface area contributed by atoms with Crippen LogP contribution in [0.1, 0.15) is 30.4 Å². The molecule has 0 unspecified atom stereocenters. The van der Waals surface area contributed by atoms with Crippen LogP contribution < -0.4 is 5.32 Å². The van der Waals surface area contributed by atoms with Crippen molar-refractivity contribution in [3.05, 3.63) is 29.3 Å². The van der Waals surface area contributed by atoms with E-state index in [1.807, 2.05) is 0 Å². The first kappa shape index (κ1) is 11.1. The van der Waals surface area contributed by atoms with Crippen molar-refractivity contribution in [1.29, 1.82) is 0 Å². The smallest absolute Gasteiger partial charge is 0.0376 e. The molecule has 0 amide bonds. The van der Waals surface area contributed by atoms with E-state index in [-0.39, 0.29) is 0 Å². The number of nitrogens with one attached hydrogen (secondary N) is 1. The lowest BCUT2D eigenvalue weighted by Crippen LogP contribution is -2.20. The minimum atomic E-state index is 1.12. The largest absolute Gasteiger partial charge is 0.384 e. The molecule has 92 valence electrons. The van der Waals surface area contributed by atoms with E-state index in [4.69, 9.17) is 0 Å². The molecule has 1 aromatic rings. The SMILES string of the molecule is c1cc2c(cc1CCCN1CCCC1)NCC2. The molecule has 0 aliphatic carbocycles. The summed E-state index contributed by atoms with van der Waals surface area (Å²) in [5, 5.41) is 3.46. The summed E-state index contributed by atoms with van der Waals surface area (Å²) in [4.78, 5) is 2.60. The molecule has 0 saturated carbocycles. The van der Waals surface area contributed by atoms with E-state index in [0.29, 0.717) is 0 Å². The lowest BCUT2D eigenvalue weighted by Gasteiger charge is -2.14. The molecule has 0 bridgehead atoms. The molecular weight excluding hydrogens is 208 g/mol. The Morgan fingerprint density at radius 3 is 2.94 bits per heavy atom. The Hall–Kier alpha value is -1.02. The van der Waals surface area contributed by atoms with E-state index in [0.717, 1.165) is 6.54 Å². The van der Waals surface area contributed by atoms with Crippen LogP contribution in [-0.2, 0) is 12.8 Å². The zero-order valence-corrected chi connectivity index (χ0v) is 10.5. The quantitative estimate of drug-likeness (QED) is 0.855. The van der Waals surface area contributed by atoms with E-state index >= 15 is 0 Å². The summed E-state index contributed by atoms with van der Waals surface area (Å²) in [6.07, 6.45) is 6.54. The van der Waals surface area contributed by atoms with Gasteiger partial charge >= 0.3 is 0 Å². The van der Waals surface area contributed by atoms with Gasteiger partial charge in [0.2, 0.25) is 0 Å². The number of benzene rings is 1. The van der Waals surface area contributed by atoms with E-state index in [1.54, 1.807) is 0 Å². The van der Waals surface area contributed by atoms with Crippen LogP contribution >= 0.6 is 0 Å². The number of hydrogen-bond donors (Lipinski definition) is 1. The molecule has 1 N–H and O–H groups in total. The van der Waals surface area contributed by atoms with Gasteiger partial charge in [0.05, 0.1) is 0 Å². The van der Waals surface area contributed by atoms with Gasteiger partial charge in [-0.2, -0.15) is 0 Å². The van der Waals surface area contributed by atoms with E-state index in [2.05, 4.69) is 28.4 Å². The van der Waals surface area contributed by atoms with Gasteiger partial charge in [-0.1, -0.05) is 12.1 Å². The molecule has 2 nitrogen and oxygen atoms in total. The Bertz CT molecular complexity index is 381. The fourth-order valence-electron chi connectivity index (χ4n) is 3.01. The third-order valence-electron chi connectivity index (χ3n) is 4.02. The summed E-state index contributed by atoms with van der Waals surface area (Å²) >= 11 is 0. The van der Waals surface area contributed by atoms with Crippen molar-refractivity contribution in [2.45, 2.75) is 32.1 Å². The first-order valence-corrected chi connectivity index (χ1v) is 7.00. The van der Waals surface area contributed by atoms with Gasteiger partial charge in [-0.3, -0.25) is 0 Å². The summed E-state index contributed by atoms with van der Waals surface area (Å²) in [5.41, 5.74) is 4.37. The molecule has 0 spiro atoms. The van der Waals surface area contributed by atoms with Crippen LogP contribution in [0.4, 0.5) is 5.69 Å². The molecule has 2 aliphatic rings. The molecule has 1 fully saturated rings. The summed E-state index contributed by atoms with van der Waals surface area (Å²) < 4.78 is 0. The highest BCUT2D eigenvalue weighted by Gasteiger charge is 2.12. The van der Waals surface area contributed by atoms with Gasteiger partial charge in [-0.25, -0.2) is 0 Å². The van der Waals surface area contributed by atoms with Gasteiger partial charge in [-0.15, -0.1) is 0 Å². The summed E-state index contributed by atoms with van der Waals surface area (Å²) in [7, 11) is 0. The topological polar surface area (TPSA) is 15.3 Å². The van der Waals surface area contributed by atoms with Crippen molar-refractivity contribution in [3.8, 4) is 0 Å². The van der Waals surface area contributed by atoms with Crippen molar-refractivity contribution < 1.29 is 0 Å². The maximum Gasteiger partial charge on any atom is 0.0376 e. The number of rotatable bonds is 4. The van der Waals surface area contributed by atoms with Gasteiger partial charge in [0.1, 0.15) is 0 Å². The first-order valence-electron chi connectivity index (χ1n) is 7.00. The van der Waals surface area contributed by atoms with Crippen LogP contribution in [0.15, 0.2) is 18.2 Å². The van der Waals surface area contributed by atoms with Gasteiger partial charge in [0.15, 0.2) is 0 Å². The second-order valence-electron chi connectivity index (χ2n) is 5.32. The molecule has 17 heavy (non-hydrogen) atoms. The van der Waals surface area contributed by atoms with E-state index in [1.165, 1.54) is 68.6 Å². The Balaban J connectivity index is 1.51. The molecular formula is C15H22N2. The summed E-state index contributed by atoms with van der Waals surface area (Å²) in [5.74, 6) is 0. The Kier molecular flexibility index (Phi) is 3.32. The van der Waals surface area contributed by atoms with Crippen molar-refractivity contribution in [3.63, 3.8) is 0 Å². The number of anilines is 1. The average Bonchev–Trinajstić information content (AvgIpc) is 2.98. The third-order valence-corrected chi connectivity index (χ3v) is 4.02. The zero-order valence-electron chi connectivity index (χ0n) is 10.5. The molecule has 1 aromatic carbocycles. The highest BCUT2D eigenvalue weighted by Crippen LogP contribution is 2.23. The molecule has 0 atom stereocenters. The number of hydrogen-bond acceptors (Lipinski definition) is 2. The number of likely N-dealkylation sites (tertiary alicyclic amines) is 1. The summed E-state index contributed by atoms with van der Waals surface area (Å²) in [6.45, 7) is 5.05. The van der Waals surface area contributed by atoms with Crippen LogP contribution in [-0.4, -0.2) is 31.1 Å². The van der Waals surface area contributed by atoms with E-state index in [9.17, 15) is 0 Å². The van der Waals surface area contributed by atoms with Gasteiger partial charge in [-0.05, 0) is 68.9 Å². The van der Waals surface area contributed by atoms with Crippen LogP contribution in [0.25, 0.3) is 0 Å². The summed E-state index contributed by atoms with van der Waals surface area (Å²) in [6, 6.07) is 6.97. The lowest BCUT2D eigenvalue weighted by atomic mass is 10.1. The van der Waals surface area contributed by atoms with Crippen molar-refractivity contribution in [2.24, 2.45) is 0 Å². The highest BCUT2D eigenvalue weighted by molar-refractivity contribution is 5.57. The number of aryl methyl sites for hydroxylation is 1. The van der Waals surface area contributed by atoms with Crippen LogP contribution in [0.3, 0.4) is 0 Å². The van der Waals surface area contributed by atoms with Gasteiger partial charge < -0.3 is 10.2 Å². The molecule has 0 radical (unpaired) electrons. The molecule has 0 aromatic heterocycles. The molecule has 2 heterocycles. The molecule has 3 rings (SSSR count). The number of fused-ring (bicyclic) bond motifs is 1. The number of nitrogens with zero attached hydrogens (tertiary/aromatic N) is 1. The predicted molar refractivity (Wildman–Crippen MR) is 72.6 cm³/mol. The predicted octanol–water partition coefficient (Wildman–Crippen LogP) is 2.68. The van der Waals surface area contributed by atoms with Crippen molar-refractivity contribution >= 4 is 5.69 Å². The van der Waals surface area contributed by atoms with Crippen LogP contribution in [0.5, 0.6) is 0 Å². The maximum absolute atomic E-state index is 3.46. The van der Waals surface area contributed by atoms with Gasteiger partial charge in [0.25, 0.3) is 0 Å². The zero-order chi connectivity index (χ0) is 11.5. The highest BCUT2D eigenvalue weighted by atomic mass is 15.1. The molecule has 2 aliphatic heterocycles. The minimum Gasteiger partial charge on any atom is -0.384 e. The fourth-order valence-corrected chi connectivity index (χ4v) is 3.01. The average molecular weight is 230 g/mol. The minimum absolute atomic E-state index is 1.12. The molecule has 2 heteroatoms.